The third-order valence-electron chi connectivity index (χ3n) is 6.99. The van der Waals surface area contributed by atoms with Crippen molar-refractivity contribution in [3.63, 3.8) is 0 Å². The fourth-order valence-corrected chi connectivity index (χ4v) is 6.80. The van der Waals surface area contributed by atoms with Crippen LogP contribution in [-0.4, -0.2) is 58.8 Å². The summed E-state index contributed by atoms with van der Waals surface area (Å²) in [5, 5.41) is 0.306. The molecule has 5 rings (SSSR count). The number of carbonyl (C=O) groups excluding carboxylic acids is 1. The standard InChI is InChI=1S/C28H28ClFN2O5S/c1-31-25(26-10-6-7-13-37-26)17-32(19-8-4-3-5-9-19)24-16-22(29)20(15-27(24)38(31,34)35)18-11-12-23(30)21(14-18)28(33)36-2/h3-9,11-12,14-16,25-26,34-35H,10,13,17H2,1-2H3/t25-,26?/m0/s1. The molecular formula is C28H28ClFN2O5S. The first kappa shape index (κ1) is 26.7. The lowest BCUT2D eigenvalue weighted by molar-refractivity contribution is 0.0228. The summed E-state index contributed by atoms with van der Waals surface area (Å²) in [4.78, 5) is 14.4. The van der Waals surface area contributed by atoms with Gasteiger partial charge in [0.15, 0.2) is 0 Å². The molecule has 0 aliphatic carbocycles. The average molecular weight is 559 g/mol. The van der Waals surface area contributed by atoms with Gasteiger partial charge in [-0.15, -0.1) is 10.8 Å². The van der Waals surface area contributed by atoms with Crippen LogP contribution in [0.3, 0.4) is 0 Å². The summed E-state index contributed by atoms with van der Waals surface area (Å²) in [5.41, 5.74) is 2.01. The van der Waals surface area contributed by atoms with Gasteiger partial charge in [-0.1, -0.05) is 48.0 Å². The molecule has 7 nitrogen and oxygen atoms in total. The van der Waals surface area contributed by atoms with Gasteiger partial charge < -0.3 is 14.4 Å². The molecule has 10 heteroatoms. The predicted octanol–water partition coefficient (Wildman–Crippen LogP) is 6.75. The maximum Gasteiger partial charge on any atom is 0.340 e. The van der Waals surface area contributed by atoms with Gasteiger partial charge in [-0.2, -0.15) is 4.31 Å². The van der Waals surface area contributed by atoms with Gasteiger partial charge in [0, 0.05) is 24.8 Å². The normalized spacial score (nSPS) is 21.9. The van der Waals surface area contributed by atoms with Gasteiger partial charge in [0.25, 0.3) is 0 Å². The molecule has 38 heavy (non-hydrogen) atoms. The second kappa shape index (κ2) is 10.7. The quantitative estimate of drug-likeness (QED) is 0.270. The second-order valence-corrected chi connectivity index (χ2v) is 11.6. The van der Waals surface area contributed by atoms with Gasteiger partial charge in [0.2, 0.25) is 0 Å². The lowest BCUT2D eigenvalue weighted by Gasteiger charge is -2.45. The number of anilines is 2. The molecule has 3 aromatic carbocycles. The molecule has 0 fully saturated rings. The van der Waals surface area contributed by atoms with Crippen LogP contribution in [0.4, 0.5) is 15.8 Å². The van der Waals surface area contributed by atoms with E-state index in [1.165, 1.54) is 19.2 Å². The number of carbonyl (C=O) groups is 1. The van der Waals surface area contributed by atoms with E-state index in [-0.39, 0.29) is 22.6 Å². The van der Waals surface area contributed by atoms with E-state index >= 15 is 0 Å². The molecule has 0 saturated heterocycles. The van der Waals surface area contributed by atoms with Crippen LogP contribution in [0, 0.1) is 5.82 Å². The lowest BCUT2D eigenvalue weighted by atomic mass is 10.0. The molecule has 2 atom stereocenters. The van der Waals surface area contributed by atoms with Crippen molar-refractivity contribution < 1.29 is 27.8 Å². The van der Waals surface area contributed by atoms with Crippen molar-refractivity contribution in [3.05, 3.63) is 89.2 Å². The molecule has 0 spiro atoms. The summed E-state index contributed by atoms with van der Waals surface area (Å²) in [6, 6.07) is 16.6. The van der Waals surface area contributed by atoms with Crippen molar-refractivity contribution in [1.82, 2.24) is 4.31 Å². The van der Waals surface area contributed by atoms with E-state index < -0.39 is 22.6 Å². The molecule has 0 bridgehead atoms. The Morgan fingerprint density at radius 1 is 1.13 bits per heavy atom. The summed E-state index contributed by atoms with van der Waals surface area (Å²) in [5.74, 6) is -1.55. The number of methoxy groups -OCH3 is 1. The highest BCUT2D eigenvalue weighted by molar-refractivity contribution is 8.22. The van der Waals surface area contributed by atoms with Crippen LogP contribution in [0.15, 0.2) is 77.7 Å². The van der Waals surface area contributed by atoms with Crippen LogP contribution in [0.5, 0.6) is 0 Å². The first-order valence-electron chi connectivity index (χ1n) is 12.0. The first-order valence-corrected chi connectivity index (χ1v) is 13.9. The van der Waals surface area contributed by atoms with Crippen molar-refractivity contribution in [1.29, 1.82) is 0 Å². The molecule has 1 unspecified atom stereocenters. The first-order chi connectivity index (χ1) is 18.2. The van der Waals surface area contributed by atoms with E-state index in [2.05, 4.69) is 0 Å². The Balaban J connectivity index is 1.69. The second-order valence-electron chi connectivity index (χ2n) is 9.14. The van der Waals surface area contributed by atoms with E-state index in [0.29, 0.717) is 41.4 Å². The Morgan fingerprint density at radius 3 is 2.58 bits per heavy atom. The van der Waals surface area contributed by atoms with Gasteiger partial charge in [-0.05, 0) is 48.4 Å². The smallest absolute Gasteiger partial charge is 0.340 e. The predicted molar refractivity (Wildman–Crippen MR) is 148 cm³/mol. The molecule has 0 amide bonds. The van der Waals surface area contributed by atoms with Crippen molar-refractivity contribution >= 4 is 39.7 Å². The van der Waals surface area contributed by atoms with Crippen LogP contribution >= 0.6 is 22.4 Å². The number of rotatable bonds is 4. The number of nitrogens with zero attached hydrogens (tertiary/aromatic N) is 2. The number of likely N-dealkylation sites (N-methyl/N-ethyl adjacent to an activating group) is 1. The molecule has 0 radical (unpaired) electrons. The minimum absolute atomic E-state index is 0.242. The molecule has 0 aromatic heterocycles. The third-order valence-corrected chi connectivity index (χ3v) is 9.30. The number of halogens is 2. The number of hydrogen-bond donors (Lipinski definition) is 2. The highest BCUT2D eigenvalue weighted by Gasteiger charge is 2.41. The van der Waals surface area contributed by atoms with Crippen LogP contribution < -0.4 is 4.90 Å². The molecule has 2 aliphatic rings. The Bertz CT molecular complexity index is 1390. The van der Waals surface area contributed by atoms with E-state index in [9.17, 15) is 18.3 Å². The Kier molecular flexibility index (Phi) is 7.50. The Hall–Kier alpha value is -2.92. The van der Waals surface area contributed by atoms with Crippen molar-refractivity contribution in [2.45, 2.75) is 23.5 Å². The number of benzene rings is 3. The molecular weight excluding hydrogens is 531 g/mol. The third kappa shape index (κ3) is 4.82. The molecule has 3 aromatic rings. The fourth-order valence-electron chi connectivity index (χ4n) is 4.92. The monoisotopic (exact) mass is 558 g/mol. The summed E-state index contributed by atoms with van der Waals surface area (Å²) in [6.45, 7) is 0.871. The number of fused-ring (bicyclic) bond motifs is 1. The summed E-state index contributed by atoms with van der Waals surface area (Å²) in [6.07, 6.45) is 4.38. The van der Waals surface area contributed by atoms with Crippen LogP contribution in [0.2, 0.25) is 5.02 Å². The SMILES string of the molecule is COC(=O)c1cc(-c2cc3c(cc2Cl)N(c2ccccc2)C[C@@H](C2CC=CCO2)N(C)S3(O)O)ccc1F. The van der Waals surface area contributed by atoms with Crippen LogP contribution in [0.25, 0.3) is 11.1 Å². The van der Waals surface area contributed by atoms with Crippen molar-refractivity contribution in [2.24, 2.45) is 0 Å². The van der Waals surface area contributed by atoms with E-state index in [4.69, 9.17) is 21.1 Å². The number of hydrogen-bond acceptors (Lipinski definition) is 7. The number of esters is 1. The summed E-state index contributed by atoms with van der Waals surface area (Å²) >= 11 is 6.78. The topological polar surface area (TPSA) is 82.5 Å². The summed E-state index contributed by atoms with van der Waals surface area (Å²) < 4.78 is 50.1. The maximum atomic E-state index is 14.3. The van der Waals surface area contributed by atoms with E-state index in [0.717, 1.165) is 11.8 Å². The van der Waals surface area contributed by atoms with E-state index in [1.54, 1.807) is 23.5 Å². The zero-order chi connectivity index (χ0) is 27.0. The Labute approximate surface area is 227 Å². The molecule has 2 N–H and O–H groups in total. The summed E-state index contributed by atoms with van der Waals surface area (Å²) in [7, 11) is -0.662. The van der Waals surface area contributed by atoms with Gasteiger partial charge in [-0.25, -0.2) is 9.18 Å². The highest BCUT2D eigenvalue weighted by Crippen LogP contribution is 2.60. The lowest BCUT2D eigenvalue weighted by Crippen LogP contribution is -2.48. The molecule has 0 saturated carbocycles. The van der Waals surface area contributed by atoms with Gasteiger partial charge >= 0.3 is 5.97 Å². The van der Waals surface area contributed by atoms with Gasteiger partial charge in [0.1, 0.15) is 5.82 Å². The maximum absolute atomic E-state index is 14.3. The Morgan fingerprint density at radius 2 is 1.89 bits per heavy atom. The van der Waals surface area contributed by atoms with E-state index in [1.807, 2.05) is 47.4 Å². The minimum atomic E-state index is -3.52. The molecule has 2 aliphatic heterocycles. The fraction of sp³-hybridized carbons (Fsp3) is 0.250. The van der Waals surface area contributed by atoms with Crippen molar-refractivity contribution in [3.8, 4) is 11.1 Å². The zero-order valence-corrected chi connectivity index (χ0v) is 22.5. The zero-order valence-electron chi connectivity index (χ0n) is 20.9. The molecule has 200 valence electrons. The van der Waals surface area contributed by atoms with Crippen molar-refractivity contribution in [2.75, 3.05) is 32.2 Å². The van der Waals surface area contributed by atoms with Crippen LogP contribution in [-0.2, 0) is 9.47 Å². The van der Waals surface area contributed by atoms with Gasteiger partial charge in [-0.3, -0.25) is 9.11 Å². The largest absolute Gasteiger partial charge is 0.465 e. The average Bonchev–Trinajstić information content (AvgIpc) is 3.01. The molecule has 2 heterocycles. The number of para-hydroxylation sites is 1. The van der Waals surface area contributed by atoms with Crippen LogP contribution in [0.1, 0.15) is 16.8 Å². The highest BCUT2D eigenvalue weighted by atomic mass is 35.5. The van der Waals surface area contributed by atoms with Gasteiger partial charge in [0.05, 0.1) is 47.0 Å². The minimum Gasteiger partial charge on any atom is -0.465 e. The number of ether oxygens (including phenoxy) is 2.